The summed E-state index contributed by atoms with van der Waals surface area (Å²) in [6.45, 7) is 3.56. The second-order valence-corrected chi connectivity index (χ2v) is 7.70. The summed E-state index contributed by atoms with van der Waals surface area (Å²) in [7, 11) is 4.38. The van der Waals surface area contributed by atoms with Gasteiger partial charge in [-0.2, -0.15) is 0 Å². The zero-order valence-electron chi connectivity index (χ0n) is 16.1. The first-order valence-electron chi connectivity index (χ1n) is 9.82. The topological polar surface area (TPSA) is 26.7 Å². The van der Waals surface area contributed by atoms with Gasteiger partial charge < -0.3 is 10.0 Å². The van der Waals surface area contributed by atoms with Crippen molar-refractivity contribution in [3.63, 3.8) is 0 Å². The van der Waals surface area contributed by atoms with Crippen LogP contribution in [0.2, 0.25) is 0 Å². The highest BCUT2D eigenvalue weighted by molar-refractivity contribution is 5.67. The molecule has 3 heteroatoms. The lowest BCUT2D eigenvalue weighted by Gasteiger charge is -2.42. The number of hydrogen-bond donors (Lipinski definition) is 1. The summed E-state index contributed by atoms with van der Waals surface area (Å²) in [4.78, 5) is 4.97. The Kier molecular flexibility index (Phi) is 6.84. The van der Waals surface area contributed by atoms with Gasteiger partial charge >= 0.3 is 0 Å². The molecule has 2 atom stereocenters. The van der Waals surface area contributed by atoms with Crippen LogP contribution in [0.15, 0.2) is 54.6 Å². The number of hydrogen-bond acceptors (Lipinski definition) is 3. The quantitative estimate of drug-likeness (QED) is 0.819. The Morgan fingerprint density at radius 2 is 1.77 bits per heavy atom. The van der Waals surface area contributed by atoms with Crippen LogP contribution in [0.1, 0.15) is 24.8 Å². The predicted octanol–water partition coefficient (Wildman–Crippen LogP) is 3.88. The van der Waals surface area contributed by atoms with Gasteiger partial charge in [0.25, 0.3) is 0 Å². The van der Waals surface area contributed by atoms with E-state index in [-0.39, 0.29) is 0 Å². The molecule has 1 saturated heterocycles. The molecule has 0 radical (unpaired) electrons. The molecular weight excluding hydrogens is 320 g/mol. The minimum atomic E-state index is 0.299. The number of rotatable bonds is 7. The van der Waals surface area contributed by atoms with Crippen LogP contribution in [0.3, 0.4) is 0 Å². The molecule has 26 heavy (non-hydrogen) atoms. The summed E-state index contributed by atoms with van der Waals surface area (Å²) in [5, 5.41) is 9.26. The van der Waals surface area contributed by atoms with Crippen LogP contribution in [0.4, 0.5) is 0 Å². The number of nitrogens with zero attached hydrogens (tertiary/aromatic N) is 2. The predicted molar refractivity (Wildman–Crippen MR) is 109 cm³/mol. The Bertz CT molecular complexity index is 671. The van der Waals surface area contributed by atoms with Gasteiger partial charge in [0, 0.05) is 25.7 Å². The van der Waals surface area contributed by atoms with Gasteiger partial charge in [-0.15, -0.1) is 0 Å². The SMILES string of the molecule is CN(C)[C@@H]1CCN(Cc2ccccc2-c2ccccc2)C[C@@H]1CCCO. The van der Waals surface area contributed by atoms with E-state index in [1.807, 2.05) is 0 Å². The highest BCUT2D eigenvalue weighted by Gasteiger charge is 2.30. The van der Waals surface area contributed by atoms with E-state index in [0.717, 1.165) is 32.5 Å². The lowest BCUT2D eigenvalue weighted by molar-refractivity contribution is 0.0718. The van der Waals surface area contributed by atoms with Crippen molar-refractivity contribution in [2.75, 3.05) is 33.8 Å². The van der Waals surface area contributed by atoms with E-state index in [0.29, 0.717) is 18.6 Å². The third-order valence-electron chi connectivity index (χ3n) is 5.67. The fourth-order valence-corrected chi connectivity index (χ4v) is 4.35. The average Bonchev–Trinajstić information content (AvgIpc) is 2.67. The Morgan fingerprint density at radius 3 is 2.50 bits per heavy atom. The maximum absolute atomic E-state index is 9.26. The van der Waals surface area contributed by atoms with E-state index in [2.05, 4.69) is 78.5 Å². The van der Waals surface area contributed by atoms with E-state index in [4.69, 9.17) is 0 Å². The van der Waals surface area contributed by atoms with Crippen molar-refractivity contribution in [2.24, 2.45) is 5.92 Å². The first-order chi connectivity index (χ1) is 12.7. The highest BCUT2D eigenvalue weighted by Crippen LogP contribution is 2.29. The Morgan fingerprint density at radius 1 is 1.04 bits per heavy atom. The van der Waals surface area contributed by atoms with Crippen molar-refractivity contribution in [3.05, 3.63) is 60.2 Å². The molecule has 0 unspecified atom stereocenters. The van der Waals surface area contributed by atoms with Crippen LogP contribution in [-0.4, -0.2) is 54.7 Å². The van der Waals surface area contributed by atoms with Gasteiger partial charge in [0.2, 0.25) is 0 Å². The van der Waals surface area contributed by atoms with E-state index in [1.54, 1.807) is 0 Å². The Balaban J connectivity index is 1.73. The number of likely N-dealkylation sites (tertiary alicyclic amines) is 1. The highest BCUT2D eigenvalue weighted by atomic mass is 16.2. The van der Waals surface area contributed by atoms with Crippen molar-refractivity contribution in [2.45, 2.75) is 31.8 Å². The van der Waals surface area contributed by atoms with Crippen molar-refractivity contribution < 1.29 is 5.11 Å². The minimum Gasteiger partial charge on any atom is -0.396 e. The van der Waals surface area contributed by atoms with Crippen molar-refractivity contribution in [3.8, 4) is 11.1 Å². The van der Waals surface area contributed by atoms with Crippen LogP contribution in [0, 0.1) is 5.92 Å². The molecule has 0 spiro atoms. The molecule has 0 bridgehead atoms. The zero-order chi connectivity index (χ0) is 18.4. The fraction of sp³-hybridized carbons (Fsp3) is 0.478. The number of aliphatic hydroxyl groups is 1. The van der Waals surface area contributed by atoms with Crippen molar-refractivity contribution in [1.82, 2.24) is 9.80 Å². The smallest absolute Gasteiger partial charge is 0.0431 e. The summed E-state index contributed by atoms with van der Waals surface area (Å²) in [5.74, 6) is 0.634. The lowest BCUT2D eigenvalue weighted by atomic mass is 9.87. The lowest BCUT2D eigenvalue weighted by Crippen LogP contribution is -2.48. The van der Waals surface area contributed by atoms with Crippen LogP contribution >= 0.6 is 0 Å². The molecule has 1 fully saturated rings. The van der Waals surface area contributed by atoms with Gasteiger partial charge in [-0.3, -0.25) is 4.90 Å². The van der Waals surface area contributed by atoms with Gasteiger partial charge in [0.15, 0.2) is 0 Å². The Labute approximate surface area is 158 Å². The minimum absolute atomic E-state index is 0.299. The molecule has 0 aliphatic carbocycles. The molecule has 1 aliphatic heterocycles. The van der Waals surface area contributed by atoms with Crippen molar-refractivity contribution >= 4 is 0 Å². The maximum Gasteiger partial charge on any atom is 0.0431 e. The molecule has 3 nitrogen and oxygen atoms in total. The maximum atomic E-state index is 9.26. The van der Waals surface area contributed by atoms with Crippen molar-refractivity contribution in [1.29, 1.82) is 0 Å². The monoisotopic (exact) mass is 352 g/mol. The summed E-state index contributed by atoms with van der Waals surface area (Å²) >= 11 is 0. The Hall–Kier alpha value is -1.68. The van der Waals surface area contributed by atoms with Gasteiger partial charge in [0.1, 0.15) is 0 Å². The summed E-state index contributed by atoms with van der Waals surface area (Å²) in [5.41, 5.74) is 4.04. The fourth-order valence-electron chi connectivity index (χ4n) is 4.35. The van der Waals surface area contributed by atoms with Crippen LogP contribution in [0.5, 0.6) is 0 Å². The van der Waals surface area contributed by atoms with E-state index in [9.17, 15) is 5.11 Å². The number of benzene rings is 2. The molecule has 0 aromatic heterocycles. The molecule has 2 aromatic rings. The first-order valence-corrected chi connectivity index (χ1v) is 9.82. The summed E-state index contributed by atoms with van der Waals surface area (Å²) in [6, 6.07) is 20.1. The second kappa shape index (κ2) is 9.31. The zero-order valence-corrected chi connectivity index (χ0v) is 16.1. The van der Waals surface area contributed by atoms with Gasteiger partial charge in [0.05, 0.1) is 0 Å². The summed E-state index contributed by atoms with van der Waals surface area (Å²) < 4.78 is 0. The molecule has 140 valence electrons. The first kappa shape index (κ1) is 19.1. The molecule has 1 N–H and O–H groups in total. The third kappa shape index (κ3) is 4.73. The molecule has 0 amide bonds. The van der Waals surface area contributed by atoms with Crippen LogP contribution in [0.25, 0.3) is 11.1 Å². The normalized spacial score (nSPS) is 21.2. The molecule has 1 aliphatic rings. The van der Waals surface area contributed by atoms with Gasteiger partial charge in [-0.1, -0.05) is 54.6 Å². The van der Waals surface area contributed by atoms with E-state index >= 15 is 0 Å². The summed E-state index contributed by atoms with van der Waals surface area (Å²) in [6.07, 6.45) is 3.22. The largest absolute Gasteiger partial charge is 0.396 e. The van der Waals surface area contributed by atoms with E-state index in [1.165, 1.54) is 23.1 Å². The van der Waals surface area contributed by atoms with E-state index < -0.39 is 0 Å². The molecule has 2 aromatic carbocycles. The van der Waals surface area contributed by atoms with Gasteiger partial charge in [-0.25, -0.2) is 0 Å². The molecule has 3 rings (SSSR count). The average molecular weight is 353 g/mol. The standard InChI is InChI=1S/C23H32N2O/c1-24(2)23-14-15-25(18-21(23)12-8-16-26)17-20-11-6-7-13-22(20)19-9-4-3-5-10-19/h3-7,9-11,13,21,23,26H,8,12,14-18H2,1-2H3/t21-,23+/m0/s1. The molecule has 0 saturated carbocycles. The van der Waals surface area contributed by atoms with Gasteiger partial charge in [-0.05, 0) is 62.5 Å². The second-order valence-electron chi connectivity index (χ2n) is 7.70. The number of aliphatic hydroxyl groups excluding tert-OH is 1. The molecule has 1 heterocycles. The number of piperidine rings is 1. The third-order valence-corrected chi connectivity index (χ3v) is 5.67. The van der Waals surface area contributed by atoms with Crippen LogP contribution in [-0.2, 0) is 6.54 Å². The molecular formula is C23H32N2O. The van der Waals surface area contributed by atoms with Crippen LogP contribution < -0.4 is 0 Å².